The van der Waals surface area contributed by atoms with E-state index in [-0.39, 0.29) is 4.90 Å². The van der Waals surface area contributed by atoms with Crippen LogP contribution < -0.4 is 5.73 Å². The molecule has 5 nitrogen and oxygen atoms in total. The Morgan fingerprint density at radius 3 is 2.71 bits per heavy atom. The fourth-order valence-electron chi connectivity index (χ4n) is 1.96. The van der Waals surface area contributed by atoms with E-state index in [1.807, 2.05) is 0 Å². The van der Waals surface area contributed by atoms with E-state index in [4.69, 9.17) is 10.5 Å². The molecule has 0 aromatic heterocycles. The van der Waals surface area contributed by atoms with Crippen molar-refractivity contribution in [2.24, 2.45) is 5.92 Å². The Morgan fingerprint density at radius 2 is 2.10 bits per heavy atom. The summed E-state index contributed by atoms with van der Waals surface area (Å²) in [6.45, 7) is 3.19. The van der Waals surface area contributed by atoms with Crippen LogP contribution in [0.1, 0.15) is 18.4 Å². The van der Waals surface area contributed by atoms with Crippen LogP contribution in [-0.4, -0.2) is 39.5 Å². The maximum Gasteiger partial charge on any atom is 0.243 e. The molecule has 1 aliphatic rings. The molecule has 1 aromatic rings. The molecular weight excluding hydrogens is 356 g/mol. The summed E-state index contributed by atoms with van der Waals surface area (Å²) >= 11 is 3.29. The quantitative estimate of drug-likeness (QED) is 0.585. The van der Waals surface area contributed by atoms with Crippen LogP contribution in [0, 0.1) is 12.8 Å². The maximum atomic E-state index is 12.6. The highest BCUT2D eigenvalue weighted by molar-refractivity contribution is 9.10. The smallest absolute Gasteiger partial charge is 0.243 e. The number of halogens is 1. The number of nitrogens with zero attached hydrogens (tertiary/aromatic N) is 1. The second-order valence-corrected chi connectivity index (χ2v) is 8.39. The van der Waals surface area contributed by atoms with Crippen LogP contribution in [0.5, 0.6) is 0 Å². The number of hydrogen-bond acceptors (Lipinski definition) is 4. The number of rotatable bonds is 7. The van der Waals surface area contributed by atoms with Gasteiger partial charge in [-0.1, -0.05) is 15.9 Å². The van der Waals surface area contributed by atoms with Gasteiger partial charge in [0.15, 0.2) is 0 Å². The molecule has 0 atom stereocenters. The number of sulfonamides is 1. The molecule has 0 amide bonds. The van der Waals surface area contributed by atoms with Gasteiger partial charge < -0.3 is 10.5 Å². The Morgan fingerprint density at radius 1 is 1.43 bits per heavy atom. The summed E-state index contributed by atoms with van der Waals surface area (Å²) in [6, 6.07) is 3.29. The predicted molar refractivity (Wildman–Crippen MR) is 86.7 cm³/mol. The third kappa shape index (κ3) is 4.18. The van der Waals surface area contributed by atoms with Gasteiger partial charge in [0, 0.05) is 30.4 Å². The van der Waals surface area contributed by atoms with E-state index in [0.29, 0.717) is 34.8 Å². The molecule has 0 heterocycles. The molecule has 0 spiro atoms. The highest BCUT2D eigenvalue weighted by Crippen LogP contribution is 2.29. The van der Waals surface area contributed by atoms with Crippen LogP contribution in [0.25, 0.3) is 0 Å². The monoisotopic (exact) mass is 376 g/mol. The van der Waals surface area contributed by atoms with Crippen molar-refractivity contribution in [1.29, 1.82) is 0 Å². The van der Waals surface area contributed by atoms with Crippen molar-refractivity contribution in [2.45, 2.75) is 24.7 Å². The van der Waals surface area contributed by atoms with Crippen LogP contribution >= 0.6 is 15.9 Å². The fraction of sp³-hybridized carbons (Fsp3) is 0.571. The first-order valence-electron chi connectivity index (χ1n) is 6.92. The van der Waals surface area contributed by atoms with Crippen molar-refractivity contribution >= 4 is 31.6 Å². The van der Waals surface area contributed by atoms with Crippen molar-refractivity contribution in [3.8, 4) is 0 Å². The van der Waals surface area contributed by atoms with Gasteiger partial charge in [-0.2, -0.15) is 4.31 Å². The third-order valence-electron chi connectivity index (χ3n) is 3.65. The number of ether oxygens (including phenoxy) is 1. The lowest BCUT2D eigenvalue weighted by Gasteiger charge is -2.19. The molecule has 21 heavy (non-hydrogen) atoms. The van der Waals surface area contributed by atoms with E-state index >= 15 is 0 Å². The predicted octanol–water partition coefficient (Wildman–Crippen LogP) is 2.39. The summed E-state index contributed by atoms with van der Waals surface area (Å²) in [6.07, 6.45) is 2.45. The summed E-state index contributed by atoms with van der Waals surface area (Å²) in [5.41, 5.74) is 6.88. The van der Waals surface area contributed by atoms with Gasteiger partial charge >= 0.3 is 0 Å². The Labute approximate surface area is 134 Å². The average Bonchev–Trinajstić information content (AvgIpc) is 3.22. The topological polar surface area (TPSA) is 72.6 Å². The minimum Gasteiger partial charge on any atom is -0.398 e. The molecule has 1 fully saturated rings. The summed E-state index contributed by atoms with van der Waals surface area (Å²) in [4.78, 5) is 0.235. The van der Waals surface area contributed by atoms with E-state index in [0.717, 1.165) is 6.61 Å². The molecule has 2 rings (SSSR count). The third-order valence-corrected chi connectivity index (χ3v) is 6.10. The van der Waals surface area contributed by atoms with Crippen molar-refractivity contribution in [3.63, 3.8) is 0 Å². The van der Waals surface area contributed by atoms with Gasteiger partial charge in [-0.15, -0.1) is 0 Å². The zero-order valence-corrected chi connectivity index (χ0v) is 14.7. The normalized spacial score (nSPS) is 15.6. The summed E-state index contributed by atoms with van der Waals surface area (Å²) < 4.78 is 32.6. The first kappa shape index (κ1) is 16.7. The zero-order chi connectivity index (χ0) is 15.6. The van der Waals surface area contributed by atoms with Crippen LogP contribution in [0.3, 0.4) is 0 Å². The van der Waals surface area contributed by atoms with E-state index in [2.05, 4.69) is 15.9 Å². The number of likely N-dealkylation sites (N-methyl/N-ethyl adjacent to an activating group) is 1. The van der Waals surface area contributed by atoms with E-state index in [1.165, 1.54) is 17.1 Å². The minimum absolute atomic E-state index is 0.235. The first-order chi connectivity index (χ1) is 9.82. The molecule has 1 aliphatic carbocycles. The molecule has 7 heteroatoms. The SMILES string of the molecule is Cc1c(N)cc(Br)cc1S(=O)(=O)N(C)CCOCC1CC1. The summed E-state index contributed by atoms with van der Waals surface area (Å²) in [7, 11) is -1.99. The van der Waals surface area contributed by atoms with Crippen molar-refractivity contribution < 1.29 is 13.2 Å². The van der Waals surface area contributed by atoms with Gasteiger partial charge in [0.2, 0.25) is 10.0 Å². The number of benzene rings is 1. The number of nitrogen functional groups attached to an aromatic ring is 1. The van der Waals surface area contributed by atoms with Gasteiger partial charge in [0.05, 0.1) is 11.5 Å². The molecule has 0 bridgehead atoms. The molecule has 0 aliphatic heterocycles. The first-order valence-corrected chi connectivity index (χ1v) is 9.15. The molecule has 1 aromatic carbocycles. The molecule has 2 N–H and O–H groups in total. The maximum absolute atomic E-state index is 12.6. The van der Waals surface area contributed by atoms with Crippen molar-refractivity contribution in [1.82, 2.24) is 4.31 Å². The van der Waals surface area contributed by atoms with Gasteiger partial charge in [0.1, 0.15) is 0 Å². The van der Waals surface area contributed by atoms with Crippen molar-refractivity contribution in [2.75, 3.05) is 32.5 Å². The van der Waals surface area contributed by atoms with Gasteiger partial charge in [-0.25, -0.2) is 8.42 Å². The molecule has 0 radical (unpaired) electrons. The molecule has 1 saturated carbocycles. The Hall–Kier alpha value is -0.630. The molecular formula is C14H21BrN2O3S. The van der Waals surface area contributed by atoms with Crippen LogP contribution in [0.15, 0.2) is 21.5 Å². The number of anilines is 1. The Balaban J connectivity index is 2.05. The molecule has 118 valence electrons. The average molecular weight is 377 g/mol. The van der Waals surface area contributed by atoms with Crippen LogP contribution in [0.2, 0.25) is 0 Å². The second kappa shape index (κ2) is 6.64. The zero-order valence-electron chi connectivity index (χ0n) is 12.3. The second-order valence-electron chi connectivity index (χ2n) is 5.46. The largest absolute Gasteiger partial charge is 0.398 e. The lowest BCUT2D eigenvalue weighted by molar-refractivity contribution is 0.117. The van der Waals surface area contributed by atoms with Crippen LogP contribution in [-0.2, 0) is 14.8 Å². The van der Waals surface area contributed by atoms with E-state index in [1.54, 1.807) is 26.1 Å². The van der Waals surface area contributed by atoms with Crippen LogP contribution in [0.4, 0.5) is 5.69 Å². The molecule has 0 saturated heterocycles. The summed E-state index contributed by atoms with van der Waals surface area (Å²) in [5.74, 6) is 0.680. The van der Waals surface area contributed by atoms with Gasteiger partial charge in [-0.3, -0.25) is 0 Å². The lowest BCUT2D eigenvalue weighted by Crippen LogP contribution is -2.31. The highest BCUT2D eigenvalue weighted by atomic mass is 79.9. The standard InChI is InChI=1S/C14H21BrN2O3S/c1-10-13(16)7-12(15)8-14(10)21(18,19)17(2)5-6-20-9-11-3-4-11/h7-8,11H,3-6,9,16H2,1-2H3. The fourth-order valence-corrected chi connectivity index (χ4v) is 4.02. The van der Waals surface area contributed by atoms with Gasteiger partial charge in [0.25, 0.3) is 0 Å². The highest BCUT2D eigenvalue weighted by Gasteiger charge is 2.25. The van der Waals surface area contributed by atoms with Gasteiger partial charge in [-0.05, 0) is 43.4 Å². The lowest BCUT2D eigenvalue weighted by atomic mass is 10.2. The Kier molecular flexibility index (Phi) is 5.29. The van der Waals surface area contributed by atoms with Crippen molar-refractivity contribution in [3.05, 3.63) is 22.2 Å². The Bertz CT molecular complexity index is 615. The minimum atomic E-state index is -3.56. The van der Waals surface area contributed by atoms with E-state index in [9.17, 15) is 8.42 Å². The summed E-state index contributed by atoms with van der Waals surface area (Å²) in [5, 5.41) is 0. The molecule has 0 unspecified atom stereocenters. The number of hydrogen-bond donors (Lipinski definition) is 1. The number of nitrogens with two attached hydrogens (primary N) is 1. The van der Waals surface area contributed by atoms with E-state index < -0.39 is 10.0 Å².